The highest BCUT2D eigenvalue weighted by Crippen LogP contribution is 2.40. The molecule has 3 atom stereocenters. The summed E-state index contributed by atoms with van der Waals surface area (Å²) in [5.74, 6) is -0.954. The van der Waals surface area contributed by atoms with Crippen LogP contribution in [-0.2, 0) is 23.4 Å². The normalized spacial score (nSPS) is 14.0. The molecule has 4 heterocycles. The Bertz CT molecular complexity index is 2000. The van der Waals surface area contributed by atoms with Crippen molar-refractivity contribution in [1.82, 2.24) is 30.6 Å². The molecule has 18 heteroatoms. The van der Waals surface area contributed by atoms with E-state index in [1.54, 1.807) is 44.5 Å². The van der Waals surface area contributed by atoms with E-state index >= 15 is 0 Å². The number of ether oxygens (including phenoxy) is 4. The largest absolute Gasteiger partial charge is 0.461 e. The first-order valence-electron chi connectivity index (χ1n) is 18.7. The molecule has 0 unspecified atom stereocenters. The Labute approximate surface area is 348 Å². The molecule has 0 aliphatic rings. The number of carbonyl (C=O) groups is 3. The monoisotopic (exact) mass is 860 g/mol. The van der Waals surface area contributed by atoms with Crippen LogP contribution in [0.15, 0.2) is 28.3 Å². The Balaban J connectivity index is 1.75. The average Bonchev–Trinajstić information content (AvgIpc) is 3.90. The summed E-state index contributed by atoms with van der Waals surface area (Å²) in [6, 6.07) is 2.48. The number of methoxy groups -OCH3 is 2. The molecule has 0 aliphatic carbocycles. The Hall–Kier alpha value is -3.65. The third-order valence-electron chi connectivity index (χ3n) is 9.24. The highest BCUT2D eigenvalue weighted by atomic mass is 32.1. The smallest absolute Gasteiger partial charge is 0.408 e. The van der Waals surface area contributed by atoms with E-state index in [4.69, 9.17) is 33.3 Å². The second kappa shape index (κ2) is 18.9. The van der Waals surface area contributed by atoms with Gasteiger partial charge >= 0.3 is 12.1 Å². The first-order valence-corrected chi connectivity index (χ1v) is 24.2. The van der Waals surface area contributed by atoms with Gasteiger partial charge in [0.1, 0.15) is 43.7 Å². The standard InChI is InChI=1S/C39H56N6O8S3Si/c1-15-51-35(47)27-20-54-32(43-27)23-16-17-24(36(49-11)50-12)40-30(23)25-18-55-34(41-25)29(22(4)53-57(13,14)39(8,9)10)44-31(46)26-19-56-33(42-26)28(21(2)3)45-37(48)52-38(5,6)7/h16-22,28-29,36H,15H2,1-14H3,(H,44,46)(H,45,48)/t22-,28-,29+/m1/s1. The lowest BCUT2D eigenvalue weighted by Crippen LogP contribution is -2.47. The Morgan fingerprint density at radius 3 is 2.04 bits per heavy atom. The lowest BCUT2D eigenvalue weighted by Gasteiger charge is -2.40. The summed E-state index contributed by atoms with van der Waals surface area (Å²) in [4.78, 5) is 58.5. The zero-order valence-corrected chi connectivity index (χ0v) is 38.7. The SMILES string of the molecule is CCOC(=O)c1csc(-c2ccc(C(OC)OC)nc2-c2csc([C@@H](NC(=O)c3csc([C@H](NC(=O)OC(C)(C)C)C(C)C)n3)[C@@H](C)O[Si](C)(C)C(C)(C)C)n2)n1. The summed E-state index contributed by atoms with van der Waals surface area (Å²) in [5.41, 5.74) is 1.90. The molecule has 4 aromatic heterocycles. The number of nitrogens with one attached hydrogen (secondary N) is 2. The summed E-state index contributed by atoms with van der Waals surface area (Å²) >= 11 is 3.94. The number of hydrogen-bond donors (Lipinski definition) is 2. The van der Waals surface area contributed by atoms with Crippen LogP contribution < -0.4 is 10.6 Å². The molecule has 4 aromatic rings. The van der Waals surface area contributed by atoms with Crippen LogP contribution >= 0.6 is 34.0 Å². The molecule has 2 amide bonds. The number of aromatic nitrogens is 4. The Morgan fingerprint density at radius 2 is 1.44 bits per heavy atom. The number of esters is 1. The van der Waals surface area contributed by atoms with E-state index in [-0.39, 0.29) is 29.0 Å². The maximum absolute atomic E-state index is 14.1. The molecular formula is C39H56N6O8S3Si. The van der Waals surface area contributed by atoms with Gasteiger partial charge in [-0.25, -0.2) is 29.5 Å². The molecule has 0 radical (unpaired) electrons. The number of carbonyl (C=O) groups excluding carboxylic acids is 3. The molecule has 0 aromatic carbocycles. The summed E-state index contributed by atoms with van der Waals surface area (Å²) in [6.45, 7) is 24.0. The molecule has 2 N–H and O–H groups in total. The van der Waals surface area contributed by atoms with Gasteiger partial charge in [-0.15, -0.1) is 34.0 Å². The highest BCUT2D eigenvalue weighted by Gasteiger charge is 2.41. The van der Waals surface area contributed by atoms with Gasteiger partial charge < -0.3 is 34.0 Å². The van der Waals surface area contributed by atoms with Gasteiger partial charge in [0.05, 0.1) is 24.4 Å². The molecule has 4 rings (SSSR count). The van der Waals surface area contributed by atoms with E-state index in [1.165, 1.54) is 48.2 Å². The maximum atomic E-state index is 14.1. The number of nitrogens with zero attached hydrogens (tertiary/aromatic N) is 4. The minimum Gasteiger partial charge on any atom is -0.461 e. The molecule has 57 heavy (non-hydrogen) atoms. The molecule has 0 bridgehead atoms. The third-order valence-corrected chi connectivity index (χ3v) is 16.5. The van der Waals surface area contributed by atoms with Crippen molar-refractivity contribution >= 4 is 60.3 Å². The molecule has 312 valence electrons. The van der Waals surface area contributed by atoms with Crippen molar-refractivity contribution in [2.75, 3.05) is 20.8 Å². The topological polar surface area (TPSA) is 173 Å². The maximum Gasteiger partial charge on any atom is 0.408 e. The number of amides is 2. The van der Waals surface area contributed by atoms with Crippen LogP contribution in [0.25, 0.3) is 22.0 Å². The van der Waals surface area contributed by atoms with Crippen LogP contribution in [0, 0.1) is 5.92 Å². The number of alkyl carbamates (subject to hydrolysis) is 1. The van der Waals surface area contributed by atoms with Crippen molar-refractivity contribution in [3.63, 3.8) is 0 Å². The highest BCUT2D eigenvalue weighted by molar-refractivity contribution is 7.13. The minimum atomic E-state index is -2.33. The van der Waals surface area contributed by atoms with Gasteiger partial charge in [-0.3, -0.25) is 4.79 Å². The van der Waals surface area contributed by atoms with E-state index in [0.29, 0.717) is 37.7 Å². The zero-order chi connectivity index (χ0) is 42.5. The Morgan fingerprint density at radius 1 is 0.807 bits per heavy atom. The molecule has 0 saturated carbocycles. The lowest BCUT2D eigenvalue weighted by molar-refractivity contribution is -0.108. The second-order valence-corrected chi connectivity index (χ2v) is 23.6. The first kappa shape index (κ1) is 46.0. The van der Waals surface area contributed by atoms with Gasteiger partial charge in [-0.2, -0.15) is 0 Å². The second-order valence-electron chi connectivity index (χ2n) is 16.2. The predicted octanol–water partition coefficient (Wildman–Crippen LogP) is 9.36. The van der Waals surface area contributed by atoms with Gasteiger partial charge in [0.25, 0.3) is 5.91 Å². The van der Waals surface area contributed by atoms with Gasteiger partial charge in [0.2, 0.25) is 6.29 Å². The molecule has 0 spiro atoms. The quantitative estimate of drug-likeness (QED) is 0.0622. The Kier molecular flexibility index (Phi) is 15.3. The average molecular weight is 861 g/mol. The summed E-state index contributed by atoms with van der Waals surface area (Å²) in [7, 11) is 0.728. The van der Waals surface area contributed by atoms with Crippen LogP contribution in [-0.4, -0.2) is 78.8 Å². The molecule has 0 fully saturated rings. The van der Waals surface area contributed by atoms with Gasteiger partial charge in [0.15, 0.2) is 14.0 Å². The van der Waals surface area contributed by atoms with Crippen LogP contribution in [0.1, 0.15) is 124 Å². The van der Waals surface area contributed by atoms with Crippen LogP contribution in [0.3, 0.4) is 0 Å². The summed E-state index contributed by atoms with van der Waals surface area (Å²) in [5, 5.41) is 12.9. The van der Waals surface area contributed by atoms with E-state index in [0.717, 1.165) is 0 Å². The first-order chi connectivity index (χ1) is 26.6. The predicted molar refractivity (Wildman–Crippen MR) is 226 cm³/mol. The van der Waals surface area contributed by atoms with Crippen molar-refractivity contribution in [1.29, 1.82) is 0 Å². The number of pyridine rings is 1. The van der Waals surface area contributed by atoms with Crippen molar-refractivity contribution in [2.24, 2.45) is 5.92 Å². The minimum absolute atomic E-state index is 0.0275. The van der Waals surface area contributed by atoms with Crippen molar-refractivity contribution in [3.8, 4) is 22.0 Å². The number of thiazole rings is 3. The van der Waals surface area contributed by atoms with Crippen LogP contribution in [0.4, 0.5) is 4.79 Å². The van der Waals surface area contributed by atoms with Gasteiger partial charge in [-0.1, -0.05) is 34.6 Å². The van der Waals surface area contributed by atoms with E-state index in [1.807, 2.05) is 32.2 Å². The fourth-order valence-corrected chi connectivity index (χ4v) is 9.53. The zero-order valence-electron chi connectivity index (χ0n) is 35.3. The lowest BCUT2D eigenvalue weighted by atomic mass is 10.1. The number of rotatable bonds is 16. The van der Waals surface area contributed by atoms with E-state index in [9.17, 15) is 14.4 Å². The fourth-order valence-electron chi connectivity index (χ4n) is 5.33. The van der Waals surface area contributed by atoms with Crippen LogP contribution in [0.2, 0.25) is 18.1 Å². The van der Waals surface area contributed by atoms with E-state index in [2.05, 4.69) is 54.5 Å². The van der Waals surface area contributed by atoms with Gasteiger partial charge in [0, 0.05) is 35.9 Å². The number of hydrogen-bond acceptors (Lipinski definition) is 15. The molecule has 14 nitrogen and oxygen atoms in total. The van der Waals surface area contributed by atoms with E-state index < -0.39 is 56.4 Å². The summed E-state index contributed by atoms with van der Waals surface area (Å²) < 4.78 is 28.6. The molecule has 0 aliphatic heterocycles. The molecular weight excluding hydrogens is 805 g/mol. The summed E-state index contributed by atoms with van der Waals surface area (Å²) in [6.07, 6.45) is -1.79. The van der Waals surface area contributed by atoms with Crippen LogP contribution in [0.5, 0.6) is 0 Å². The third kappa shape index (κ3) is 11.7. The van der Waals surface area contributed by atoms with Crippen molar-refractivity contribution < 1.29 is 37.8 Å². The molecule has 0 saturated heterocycles. The fraction of sp³-hybridized carbons (Fsp3) is 0.564. The van der Waals surface area contributed by atoms with Crippen molar-refractivity contribution in [3.05, 3.63) is 55.4 Å². The van der Waals surface area contributed by atoms with Gasteiger partial charge in [-0.05, 0) is 70.8 Å². The van der Waals surface area contributed by atoms with Crippen molar-refractivity contribution in [2.45, 2.75) is 117 Å².